The predicted octanol–water partition coefficient (Wildman–Crippen LogP) is 5.45. The molecule has 1 heterocycles. The molecule has 0 bridgehead atoms. The van der Waals surface area contributed by atoms with E-state index in [0.717, 1.165) is 17.8 Å². The van der Waals surface area contributed by atoms with Gasteiger partial charge in [0, 0.05) is 24.3 Å². The molecule has 0 radical (unpaired) electrons. The number of fused-ring (bicyclic) bond motifs is 1. The molecule has 144 valence electrons. The van der Waals surface area contributed by atoms with E-state index in [0.29, 0.717) is 0 Å². The maximum atomic E-state index is 10.9. The lowest BCUT2D eigenvalue weighted by Crippen LogP contribution is -2.18. The molecular weight excluding hydrogens is 360 g/mol. The first-order valence-corrected chi connectivity index (χ1v) is 9.61. The van der Waals surface area contributed by atoms with Gasteiger partial charge in [-0.15, -0.1) is 0 Å². The Morgan fingerprint density at radius 2 is 1.72 bits per heavy atom. The molecule has 0 saturated carbocycles. The minimum absolute atomic E-state index is 0.192. The smallest absolute Gasteiger partial charge is 0.337 e. The summed E-state index contributed by atoms with van der Waals surface area (Å²) in [5.74, 6) is -0.967. The quantitative estimate of drug-likeness (QED) is 0.465. The molecule has 2 N–H and O–H groups in total. The fraction of sp³-hybridized carbons (Fsp3) is 0.120. The van der Waals surface area contributed by atoms with Gasteiger partial charge in [-0.05, 0) is 41.0 Å². The third-order valence-electron chi connectivity index (χ3n) is 5.16. The van der Waals surface area contributed by atoms with Crippen LogP contribution in [0, 0.1) is 0 Å². The van der Waals surface area contributed by atoms with Crippen LogP contribution in [0.15, 0.2) is 85.1 Å². The standard InChI is InChI=1S/C25H22N2O2/c1-17(22-8-4-6-19-5-2-3-7-23(19)22)26-15-18-9-11-20(12-10-18)24-14-13-21(16-27-24)25(28)29/h2-14,16-17,26H,15H2,1H3,(H,28,29)/t17-/m1/s1. The zero-order valence-corrected chi connectivity index (χ0v) is 16.2. The average Bonchev–Trinajstić information content (AvgIpc) is 2.77. The van der Waals surface area contributed by atoms with E-state index in [9.17, 15) is 4.79 Å². The summed E-state index contributed by atoms with van der Waals surface area (Å²) in [7, 11) is 0. The highest BCUT2D eigenvalue weighted by molar-refractivity contribution is 5.87. The highest BCUT2D eigenvalue weighted by Crippen LogP contribution is 2.24. The number of aromatic nitrogens is 1. The van der Waals surface area contributed by atoms with Crippen LogP contribution < -0.4 is 5.32 Å². The van der Waals surface area contributed by atoms with Gasteiger partial charge < -0.3 is 10.4 Å². The van der Waals surface area contributed by atoms with Gasteiger partial charge in [0.2, 0.25) is 0 Å². The van der Waals surface area contributed by atoms with Gasteiger partial charge in [-0.1, -0.05) is 66.7 Å². The van der Waals surface area contributed by atoms with Crippen LogP contribution in [-0.4, -0.2) is 16.1 Å². The second kappa shape index (κ2) is 8.25. The Hall–Kier alpha value is -3.50. The fourth-order valence-corrected chi connectivity index (χ4v) is 3.49. The van der Waals surface area contributed by atoms with Crippen LogP contribution in [0.25, 0.3) is 22.0 Å². The number of pyridine rings is 1. The maximum absolute atomic E-state index is 10.9. The van der Waals surface area contributed by atoms with Crippen molar-refractivity contribution in [2.24, 2.45) is 0 Å². The second-order valence-corrected chi connectivity index (χ2v) is 7.11. The maximum Gasteiger partial charge on any atom is 0.337 e. The van der Waals surface area contributed by atoms with Gasteiger partial charge in [0.1, 0.15) is 0 Å². The zero-order valence-electron chi connectivity index (χ0n) is 16.2. The van der Waals surface area contributed by atoms with Gasteiger partial charge in [-0.25, -0.2) is 4.79 Å². The van der Waals surface area contributed by atoms with Gasteiger partial charge >= 0.3 is 5.97 Å². The zero-order chi connectivity index (χ0) is 20.2. The highest BCUT2D eigenvalue weighted by atomic mass is 16.4. The number of rotatable bonds is 6. The number of hydrogen-bond donors (Lipinski definition) is 2. The molecule has 0 saturated heterocycles. The molecule has 1 aromatic heterocycles. The first-order chi connectivity index (χ1) is 14.1. The van der Waals surface area contributed by atoms with E-state index in [1.54, 1.807) is 12.1 Å². The first kappa shape index (κ1) is 18.8. The van der Waals surface area contributed by atoms with Crippen molar-refractivity contribution in [1.29, 1.82) is 0 Å². The Morgan fingerprint density at radius 3 is 2.45 bits per heavy atom. The lowest BCUT2D eigenvalue weighted by molar-refractivity contribution is 0.0696. The Labute approximate surface area is 169 Å². The number of carbonyl (C=O) groups is 1. The second-order valence-electron chi connectivity index (χ2n) is 7.11. The average molecular weight is 382 g/mol. The predicted molar refractivity (Wildman–Crippen MR) is 116 cm³/mol. The van der Waals surface area contributed by atoms with E-state index in [1.807, 2.05) is 12.1 Å². The minimum Gasteiger partial charge on any atom is -0.478 e. The number of carboxylic acids is 1. The molecule has 3 aromatic carbocycles. The molecule has 4 aromatic rings. The van der Waals surface area contributed by atoms with Gasteiger partial charge in [-0.3, -0.25) is 4.98 Å². The molecule has 29 heavy (non-hydrogen) atoms. The Balaban J connectivity index is 1.44. The van der Waals surface area contributed by atoms with Gasteiger partial charge in [0.25, 0.3) is 0 Å². The molecule has 0 amide bonds. The molecule has 0 aliphatic carbocycles. The third kappa shape index (κ3) is 4.18. The summed E-state index contributed by atoms with van der Waals surface area (Å²) in [6.45, 7) is 2.94. The molecular formula is C25H22N2O2. The van der Waals surface area contributed by atoms with E-state index in [1.165, 1.54) is 28.1 Å². The Kier molecular flexibility index (Phi) is 5.36. The summed E-state index contributed by atoms with van der Waals surface area (Å²) in [6.07, 6.45) is 1.39. The molecule has 1 atom stereocenters. The molecule has 0 fully saturated rings. The van der Waals surface area contributed by atoms with Crippen molar-refractivity contribution in [3.05, 3.63) is 102 Å². The van der Waals surface area contributed by atoms with Crippen molar-refractivity contribution in [3.8, 4) is 11.3 Å². The van der Waals surface area contributed by atoms with E-state index < -0.39 is 5.97 Å². The number of hydrogen-bond acceptors (Lipinski definition) is 3. The third-order valence-corrected chi connectivity index (χ3v) is 5.16. The summed E-state index contributed by atoms with van der Waals surface area (Å²) in [4.78, 5) is 15.2. The van der Waals surface area contributed by atoms with Crippen molar-refractivity contribution in [2.75, 3.05) is 0 Å². The normalized spacial score (nSPS) is 12.0. The number of aromatic carboxylic acids is 1. The van der Waals surface area contributed by atoms with Crippen molar-refractivity contribution < 1.29 is 9.90 Å². The number of nitrogens with one attached hydrogen (secondary N) is 1. The van der Waals surface area contributed by atoms with Crippen molar-refractivity contribution >= 4 is 16.7 Å². The number of benzene rings is 3. The van der Waals surface area contributed by atoms with Gasteiger partial charge in [0.05, 0.1) is 11.3 Å². The Morgan fingerprint density at radius 1 is 0.966 bits per heavy atom. The van der Waals surface area contributed by atoms with E-state index in [2.05, 4.69) is 71.8 Å². The fourth-order valence-electron chi connectivity index (χ4n) is 3.49. The molecule has 4 heteroatoms. The van der Waals surface area contributed by atoms with Crippen LogP contribution in [0.2, 0.25) is 0 Å². The van der Waals surface area contributed by atoms with Gasteiger partial charge in [-0.2, -0.15) is 0 Å². The monoisotopic (exact) mass is 382 g/mol. The molecule has 0 aliphatic heterocycles. The largest absolute Gasteiger partial charge is 0.478 e. The number of nitrogens with zero attached hydrogens (tertiary/aromatic N) is 1. The summed E-state index contributed by atoms with van der Waals surface area (Å²) >= 11 is 0. The lowest BCUT2D eigenvalue weighted by Gasteiger charge is -2.17. The Bertz CT molecular complexity index is 1130. The van der Waals surface area contributed by atoms with Crippen LogP contribution >= 0.6 is 0 Å². The molecule has 0 spiro atoms. The summed E-state index contributed by atoms with van der Waals surface area (Å²) in [5, 5.41) is 15.1. The van der Waals surface area contributed by atoms with Crippen LogP contribution in [0.4, 0.5) is 0 Å². The minimum atomic E-state index is -0.967. The first-order valence-electron chi connectivity index (χ1n) is 9.61. The van der Waals surface area contributed by atoms with Gasteiger partial charge in [0.15, 0.2) is 0 Å². The van der Waals surface area contributed by atoms with E-state index in [-0.39, 0.29) is 11.6 Å². The SMILES string of the molecule is C[C@@H](NCc1ccc(-c2ccc(C(=O)O)cn2)cc1)c1cccc2ccccc12. The van der Waals surface area contributed by atoms with Crippen molar-refractivity contribution in [2.45, 2.75) is 19.5 Å². The van der Waals surface area contributed by atoms with E-state index >= 15 is 0 Å². The van der Waals surface area contributed by atoms with Crippen LogP contribution in [0.3, 0.4) is 0 Å². The molecule has 4 nitrogen and oxygen atoms in total. The molecule has 0 unspecified atom stereocenters. The summed E-state index contributed by atoms with van der Waals surface area (Å²) in [5.41, 5.74) is 4.40. The van der Waals surface area contributed by atoms with Crippen LogP contribution in [0.5, 0.6) is 0 Å². The number of carboxylic acid groups (broad SMARTS) is 1. The van der Waals surface area contributed by atoms with Crippen molar-refractivity contribution in [1.82, 2.24) is 10.3 Å². The highest BCUT2D eigenvalue weighted by Gasteiger charge is 2.09. The lowest BCUT2D eigenvalue weighted by atomic mass is 9.99. The van der Waals surface area contributed by atoms with Crippen LogP contribution in [-0.2, 0) is 6.54 Å². The van der Waals surface area contributed by atoms with Crippen LogP contribution in [0.1, 0.15) is 34.5 Å². The molecule has 0 aliphatic rings. The molecule has 4 rings (SSSR count). The summed E-state index contributed by atoms with van der Waals surface area (Å²) < 4.78 is 0. The topological polar surface area (TPSA) is 62.2 Å². The van der Waals surface area contributed by atoms with E-state index in [4.69, 9.17) is 5.11 Å². The summed E-state index contributed by atoms with van der Waals surface area (Å²) in [6, 6.07) is 26.6. The van der Waals surface area contributed by atoms with Crippen molar-refractivity contribution in [3.63, 3.8) is 0 Å².